The van der Waals surface area contributed by atoms with Gasteiger partial charge in [0.25, 0.3) is 11.6 Å². The topological polar surface area (TPSA) is 78.7 Å². The summed E-state index contributed by atoms with van der Waals surface area (Å²) in [5, 5.41) is 13.7. The SMILES string of the molecule is CNc1ccc(C(=O)N(C)CCN(C)C)cc1[N+](=O)[O-]. The Bertz CT molecular complexity index is 502. The molecule has 0 aliphatic carbocycles. The number of nitrogens with one attached hydrogen (secondary N) is 1. The van der Waals surface area contributed by atoms with Crippen LogP contribution in [0.5, 0.6) is 0 Å². The molecule has 0 saturated carbocycles. The first-order valence-electron chi connectivity index (χ1n) is 6.23. The second kappa shape index (κ2) is 6.85. The second-order valence-corrected chi connectivity index (χ2v) is 4.77. The van der Waals surface area contributed by atoms with Crippen molar-refractivity contribution in [2.75, 3.05) is 46.6 Å². The summed E-state index contributed by atoms with van der Waals surface area (Å²) in [5.41, 5.74) is 0.610. The van der Waals surface area contributed by atoms with E-state index < -0.39 is 4.92 Å². The molecule has 1 rings (SSSR count). The van der Waals surface area contributed by atoms with E-state index >= 15 is 0 Å². The van der Waals surface area contributed by atoms with E-state index in [2.05, 4.69) is 5.32 Å². The van der Waals surface area contributed by atoms with E-state index in [1.807, 2.05) is 19.0 Å². The predicted molar refractivity (Wildman–Crippen MR) is 78.2 cm³/mol. The largest absolute Gasteiger partial charge is 0.383 e. The summed E-state index contributed by atoms with van der Waals surface area (Å²) in [7, 11) is 7.13. The van der Waals surface area contributed by atoms with Gasteiger partial charge in [-0.2, -0.15) is 0 Å². The van der Waals surface area contributed by atoms with Gasteiger partial charge in [-0.25, -0.2) is 0 Å². The zero-order chi connectivity index (χ0) is 15.3. The highest BCUT2D eigenvalue weighted by Crippen LogP contribution is 2.25. The lowest BCUT2D eigenvalue weighted by atomic mass is 10.1. The molecule has 0 aromatic heterocycles. The molecular formula is C13H20N4O3. The number of carbonyl (C=O) groups is 1. The molecule has 0 fully saturated rings. The van der Waals surface area contributed by atoms with Crippen molar-refractivity contribution in [3.8, 4) is 0 Å². The molecule has 7 heteroatoms. The van der Waals surface area contributed by atoms with Crippen LogP contribution in [0.4, 0.5) is 11.4 Å². The normalized spacial score (nSPS) is 10.4. The molecule has 1 amide bonds. The molecule has 1 N–H and O–H groups in total. The van der Waals surface area contributed by atoms with Gasteiger partial charge in [0.05, 0.1) is 4.92 Å². The van der Waals surface area contributed by atoms with E-state index in [0.29, 0.717) is 17.8 Å². The first kappa shape index (κ1) is 15.9. The Morgan fingerprint density at radius 2 is 1.95 bits per heavy atom. The van der Waals surface area contributed by atoms with Crippen LogP contribution in [-0.4, -0.2) is 61.9 Å². The van der Waals surface area contributed by atoms with Gasteiger partial charge in [0.15, 0.2) is 0 Å². The van der Waals surface area contributed by atoms with Gasteiger partial charge in [-0.3, -0.25) is 14.9 Å². The molecule has 0 aliphatic rings. The van der Waals surface area contributed by atoms with Crippen molar-refractivity contribution < 1.29 is 9.72 Å². The molecular weight excluding hydrogens is 260 g/mol. The minimum Gasteiger partial charge on any atom is -0.383 e. The number of nitro groups is 1. The van der Waals surface area contributed by atoms with Crippen LogP contribution < -0.4 is 5.32 Å². The highest BCUT2D eigenvalue weighted by Gasteiger charge is 2.18. The van der Waals surface area contributed by atoms with Crippen molar-refractivity contribution in [3.05, 3.63) is 33.9 Å². The lowest BCUT2D eigenvalue weighted by Crippen LogP contribution is -2.33. The summed E-state index contributed by atoms with van der Waals surface area (Å²) in [6.07, 6.45) is 0. The Hall–Kier alpha value is -2.15. The highest BCUT2D eigenvalue weighted by atomic mass is 16.6. The Kier molecular flexibility index (Phi) is 5.45. The summed E-state index contributed by atoms with van der Waals surface area (Å²) >= 11 is 0. The van der Waals surface area contributed by atoms with E-state index in [1.165, 1.54) is 6.07 Å². The molecule has 110 valence electrons. The van der Waals surface area contributed by atoms with Gasteiger partial charge in [-0.05, 0) is 26.2 Å². The number of anilines is 1. The van der Waals surface area contributed by atoms with E-state index in [1.54, 1.807) is 31.1 Å². The summed E-state index contributed by atoms with van der Waals surface area (Å²) in [5.74, 6) is -0.224. The number of hydrogen-bond donors (Lipinski definition) is 1. The van der Waals surface area contributed by atoms with Crippen molar-refractivity contribution in [1.29, 1.82) is 0 Å². The first-order chi connectivity index (χ1) is 9.36. The van der Waals surface area contributed by atoms with Crippen molar-refractivity contribution >= 4 is 17.3 Å². The maximum Gasteiger partial charge on any atom is 0.293 e. The first-order valence-corrected chi connectivity index (χ1v) is 6.23. The average molecular weight is 280 g/mol. The van der Waals surface area contributed by atoms with Gasteiger partial charge in [0.2, 0.25) is 0 Å². The summed E-state index contributed by atoms with van der Waals surface area (Å²) < 4.78 is 0. The minimum absolute atomic E-state index is 0.0978. The zero-order valence-electron chi connectivity index (χ0n) is 12.2. The quantitative estimate of drug-likeness (QED) is 0.627. The molecule has 0 unspecified atom stereocenters. The van der Waals surface area contributed by atoms with Gasteiger partial charge in [0.1, 0.15) is 5.69 Å². The molecule has 1 aromatic rings. The molecule has 1 aromatic carbocycles. The molecule has 0 saturated heterocycles. The molecule has 20 heavy (non-hydrogen) atoms. The number of hydrogen-bond acceptors (Lipinski definition) is 5. The number of amides is 1. The second-order valence-electron chi connectivity index (χ2n) is 4.77. The number of likely N-dealkylation sites (N-methyl/N-ethyl adjacent to an activating group) is 2. The van der Waals surface area contributed by atoms with Crippen molar-refractivity contribution in [1.82, 2.24) is 9.80 Å². The molecule has 7 nitrogen and oxygen atoms in total. The Morgan fingerprint density at radius 3 is 2.45 bits per heavy atom. The monoisotopic (exact) mass is 280 g/mol. The van der Waals surface area contributed by atoms with Gasteiger partial charge < -0.3 is 15.1 Å². The van der Waals surface area contributed by atoms with Crippen molar-refractivity contribution in [2.45, 2.75) is 0 Å². The van der Waals surface area contributed by atoms with Crippen LogP contribution in [0.15, 0.2) is 18.2 Å². The Morgan fingerprint density at radius 1 is 1.30 bits per heavy atom. The van der Waals surface area contributed by atoms with Gasteiger partial charge in [-0.1, -0.05) is 0 Å². The standard InChI is InChI=1S/C13H20N4O3/c1-14-11-6-5-10(9-12(11)17(19)20)13(18)16(4)8-7-15(2)3/h5-6,9,14H,7-8H2,1-4H3. The smallest absolute Gasteiger partial charge is 0.293 e. The third kappa shape index (κ3) is 3.92. The van der Waals surface area contributed by atoms with Crippen molar-refractivity contribution in [3.63, 3.8) is 0 Å². The lowest BCUT2D eigenvalue weighted by molar-refractivity contribution is -0.384. The van der Waals surface area contributed by atoms with Crippen LogP contribution >= 0.6 is 0 Å². The van der Waals surface area contributed by atoms with E-state index in [9.17, 15) is 14.9 Å². The van der Waals surface area contributed by atoms with Gasteiger partial charge >= 0.3 is 0 Å². The number of nitro benzene ring substituents is 1. The van der Waals surface area contributed by atoms with E-state index in [0.717, 1.165) is 6.54 Å². The minimum atomic E-state index is -0.498. The molecule has 0 spiro atoms. The molecule has 0 atom stereocenters. The highest BCUT2D eigenvalue weighted by molar-refractivity contribution is 5.95. The fraction of sp³-hybridized carbons (Fsp3) is 0.462. The maximum absolute atomic E-state index is 12.2. The molecule has 0 radical (unpaired) electrons. The van der Waals surface area contributed by atoms with E-state index in [-0.39, 0.29) is 11.6 Å². The van der Waals surface area contributed by atoms with Gasteiger partial charge in [-0.15, -0.1) is 0 Å². The van der Waals surface area contributed by atoms with Crippen LogP contribution in [0.1, 0.15) is 10.4 Å². The van der Waals surface area contributed by atoms with Crippen LogP contribution in [0.2, 0.25) is 0 Å². The number of rotatable bonds is 6. The Labute approximate surface area is 118 Å². The van der Waals surface area contributed by atoms with Gasteiger partial charge in [0, 0.05) is 38.8 Å². The van der Waals surface area contributed by atoms with Crippen LogP contribution in [0.3, 0.4) is 0 Å². The third-order valence-corrected chi connectivity index (χ3v) is 2.94. The zero-order valence-corrected chi connectivity index (χ0v) is 12.2. The summed E-state index contributed by atoms with van der Waals surface area (Å²) in [4.78, 5) is 26.2. The van der Waals surface area contributed by atoms with Crippen molar-refractivity contribution in [2.24, 2.45) is 0 Å². The van der Waals surface area contributed by atoms with Crippen LogP contribution in [-0.2, 0) is 0 Å². The predicted octanol–water partition coefficient (Wildman–Crippen LogP) is 1.27. The van der Waals surface area contributed by atoms with Crippen LogP contribution in [0, 0.1) is 10.1 Å². The Balaban J connectivity index is 2.93. The van der Waals surface area contributed by atoms with E-state index in [4.69, 9.17) is 0 Å². The fourth-order valence-electron chi connectivity index (χ4n) is 1.70. The van der Waals surface area contributed by atoms with Crippen LogP contribution in [0.25, 0.3) is 0 Å². The summed E-state index contributed by atoms with van der Waals surface area (Å²) in [6, 6.07) is 4.44. The lowest BCUT2D eigenvalue weighted by Gasteiger charge is -2.19. The number of nitrogens with zero attached hydrogens (tertiary/aromatic N) is 3. The summed E-state index contributed by atoms with van der Waals surface area (Å²) in [6.45, 7) is 1.30. The molecule has 0 bridgehead atoms. The number of carbonyl (C=O) groups excluding carboxylic acids is 1. The maximum atomic E-state index is 12.2. The number of benzene rings is 1. The third-order valence-electron chi connectivity index (χ3n) is 2.94. The fourth-order valence-corrected chi connectivity index (χ4v) is 1.70. The molecule has 0 aliphatic heterocycles. The molecule has 0 heterocycles. The average Bonchev–Trinajstić information content (AvgIpc) is 2.42.